The van der Waals surface area contributed by atoms with Crippen molar-refractivity contribution < 1.29 is 23.5 Å². The van der Waals surface area contributed by atoms with Gasteiger partial charge in [0.2, 0.25) is 0 Å². The van der Waals surface area contributed by atoms with E-state index in [1.54, 1.807) is 0 Å². The molecule has 1 saturated carbocycles. The Morgan fingerprint density at radius 1 is 1.17 bits per heavy atom. The smallest absolute Gasteiger partial charge is 0.303 e. The average Bonchev–Trinajstić information content (AvgIpc) is 3.33. The number of aliphatic carboxylic acids is 1. The normalized spacial score (nSPS) is 24.2. The first-order valence-corrected chi connectivity index (χ1v) is 16.3. The molecular formula is C30H43FO4Si. The Hall–Kier alpha value is -2.05. The van der Waals surface area contributed by atoms with Gasteiger partial charge >= 0.3 is 5.97 Å². The minimum absolute atomic E-state index is 0.0255. The number of Topliss-reactive ketones (excluding diaryl/α,β-unsaturated/α-hetero) is 1. The molecule has 4 nitrogen and oxygen atoms in total. The fraction of sp³-hybridized carbons (Fsp3) is 0.600. The Morgan fingerprint density at radius 2 is 1.81 bits per heavy atom. The highest BCUT2D eigenvalue weighted by atomic mass is 28.4. The number of hydrogen-bond donors (Lipinski definition) is 1. The van der Waals surface area contributed by atoms with Crippen molar-refractivity contribution in [3.63, 3.8) is 0 Å². The molecule has 1 fully saturated rings. The zero-order chi connectivity index (χ0) is 26.5. The Labute approximate surface area is 217 Å². The summed E-state index contributed by atoms with van der Waals surface area (Å²) in [6, 6.07) is 8.54. The Kier molecular flexibility index (Phi) is 9.50. The summed E-state index contributed by atoms with van der Waals surface area (Å²) in [4.78, 5) is 23.3. The van der Waals surface area contributed by atoms with Crippen LogP contribution < -0.4 is 0 Å². The van der Waals surface area contributed by atoms with Crippen LogP contribution in [0.2, 0.25) is 18.1 Å². The van der Waals surface area contributed by atoms with Crippen LogP contribution in [-0.2, 0) is 26.9 Å². The molecule has 36 heavy (non-hydrogen) atoms. The van der Waals surface area contributed by atoms with Gasteiger partial charge in [-0.1, -0.05) is 69.3 Å². The number of benzene rings is 1. The van der Waals surface area contributed by atoms with Crippen LogP contribution >= 0.6 is 0 Å². The highest BCUT2D eigenvalue weighted by molar-refractivity contribution is 6.74. The van der Waals surface area contributed by atoms with Gasteiger partial charge in [0.05, 0.1) is 6.10 Å². The number of carboxylic acid groups (broad SMARTS) is 1. The Balaban J connectivity index is 1.75. The van der Waals surface area contributed by atoms with Gasteiger partial charge in [0.15, 0.2) is 8.32 Å². The number of allylic oxidation sites excluding steroid dienone is 3. The number of halogens is 1. The third-order valence-electron chi connectivity index (χ3n) is 8.32. The minimum Gasteiger partial charge on any atom is -0.481 e. The molecule has 0 saturated heterocycles. The number of rotatable bonds is 11. The lowest BCUT2D eigenvalue weighted by Crippen LogP contribution is -2.45. The summed E-state index contributed by atoms with van der Waals surface area (Å²) in [5.41, 5.74) is 2.73. The summed E-state index contributed by atoms with van der Waals surface area (Å²) in [5.74, 6) is -1.35. The number of unbranched alkanes of at least 4 members (excludes halogenated alkanes) is 1. The molecule has 1 aromatic carbocycles. The van der Waals surface area contributed by atoms with Crippen molar-refractivity contribution in [3.8, 4) is 0 Å². The van der Waals surface area contributed by atoms with E-state index in [1.807, 2.05) is 18.2 Å². The lowest BCUT2D eigenvalue weighted by Gasteiger charge is -2.40. The SMILES string of the molecule is CC(C)(C)[Si](C)(C)O[C@H](/C=C/[C@H]1[C@@H](F)CC(=O)[C@@H]1C/C=C\CCCC(=O)O)C1Cc2ccccc2C1. The quantitative estimate of drug-likeness (QED) is 0.194. The van der Waals surface area contributed by atoms with E-state index in [0.29, 0.717) is 25.2 Å². The average molecular weight is 515 g/mol. The van der Waals surface area contributed by atoms with Crippen molar-refractivity contribution in [1.29, 1.82) is 0 Å². The van der Waals surface area contributed by atoms with Crippen molar-refractivity contribution in [1.82, 2.24) is 0 Å². The first kappa shape index (κ1) is 28.5. The predicted octanol–water partition coefficient (Wildman–Crippen LogP) is 7.09. The molecule has 198 valence electrons. The number of carboxylic acids is 1. The molecular weight excluding hydrogens is 471 g/mol. The molecule has 0 bridgehead atoms. The third-order valence-corrected chi connectivity index (χ3v) is 12.8. The second-order valence-corrected chi connectivity index (χ2v) is 16.8. The standard InChI is InChI=1S/C30H43FO4Si/c1-30(2,3)36(4,5)35-28(23-18-21-12-10-11-13-22(21)19-23)17-16-24-25(27(32)20-26(24)31)14-8-6-7-9-15-29(33)34/h6,8,10-13,16-17,23-26,28H,7,9,14-15,18-20H2,1-5H3,(H,33,34)/b8-6-,17-16+/t24-,25-,26+,28-/m1/s1. The highest BCUT2D eigenvalue weighted by Gasteiger charge is 2.43. The molecule has 0 unspecified atom stereocenters. The van der Waals surface area contributed by atoms with E-state index in [0.717, 1.165) is 12.8 Å². The van der Waals surface area contributed by atoms with Crippen LogP contribution in [0.25, 0.3) is 0 Å². The first-order chi connectivity index (χ1) is 16.9. The summed E-state index contributed by atoms with van der Waals surface area (Å²) >= 11 is 0. The van der Waals surface area contributed by atoms with E-state index in [-0.39, 0.29) is 35.7 Å². The molecule has 3 rings (SSSR count). The number of fused-ring (bicyclic) bond motifs is 1. The fourth-order valence-corrected chi connectivity index (χ4v) is 6.40. The van der Waals surface area contributed by atoms with Crippen molar-refractivity contribution in [2.24, 2.45) is 17.8 Å². The van der Waals surface area contributed by atoms with Gasteiger partial charge in [-0.3, -0.25) is 9.59 Å². The maximum absolute atomic E-state index is 15.0. The van der Waals surface area contributed by atoms with Gasteiger partial charge in [-0.2, -0.15) is 0 Å². The van der Waals surface area contributed by atoms with Crippen molar-refractivity contribution >= 4 is 20.1 Å². The van der Waals surface area contributed by atoms with Gasteiger partial charge in [-0.05, 0) is 67.3 Å². The molecule has 4 atom stereocenters. The summed E-state index contributed by atoms with van der Waals surface area (Å²) < 4.78 is 21.9. The molecule has 1 aromatic rings. The second-order valence-electron chi connectivity index (χ2n) is 12.0. The number of carbonyl (C=O) groups excluding carboxylic acids is 1. The van der Waals surface area contributed by atoms with Crippen LogP contribution in [0.3, 0.4) is 0 Å². The van der Waals surface area contributed by atoms with E-state index in [9.17, 15) is 14.0 Å². The van der Waals surface area contributed by atoms with Crippen LogP contribution in [0.1, 0.15) is 64.0 Å². The maximum atomic E-state index is 15.0. The largest absolute Gasteiger partial charge is 0.481 e. The first-order valence-electron chi connectivity index (χ1n) is 13.4. The van der Waals surface area contributed by atoms with E-state index < -0.39 is 26.4 Å². The van der Waals surface area contributed by atoms with Crippen molar-refractivity contribution in [2.45, 2.75) is 96.1 Å². The van der Waals surface area contributed by atoms with Gasteiger partial charge in [0.25, 0.3) is 0 Å². The van der Waals surface area contributed by atoms with E-state index >= 15 is 0 Å². The van der Waals surface area contributed by atoms with Gasteiger partial charge in [0, 0.05) is 24.7 Å². The molecule has 0 heterocycles. The topological polar surface area (TPSA) is 63.6 Å². The Morgan fingerprint density at radius 3 is 2.39 bits per heavy atom. The molecule has 6 heteroatoms. The van der Waals surface area contributed by atoms with Gasteiger partial charge < -0.3 is 9.53 Å². The second kappa shape index (κ2) is 12.0. The zero-order valence-electron chi connectivity index (χ0n) is 22.5. The molecule has 2 aliphatic rings. The lowest BCUT2D eigenvalue weighted by atomic mass is 9.89. The van der Waals surface area contributed by atoms with Crippen LogP contribution in [0.4, 0.5) is 4.39 Å². The predicted molar refractivity (Wildman–Crippen MR) is 145 cm³/mol. The van der Waals surface area contributed by atoms with Crippen LogP contribution in [-0.4, -0.2) is 37.5 Å². The summed E-state index contributed by atoms with van der Waals surface area (Å²) in [5, 5.41) is 8.82. The number of ketones is 1. The van der Waals surface area contributed by atoms with E-state index in [2.05, 4.69) is 64.2 Å². The van der Waals surface area contributed by atoms with Gasteiger partial charge in [-0.15, -0.1) is 0 Å². The number of alkyl halides is 1. The van der Waals surface area contributed by atoms with Crippen LogP contribution in [0, 0.1) is 17.8 Å². The van der Waals surface area contributed by atoms with E-state index in [1.165, 1.54) is 11.1 Å². The maximum Gasteiger partial charge on any atom is 0.303 e. The summed E-state index contributed by atoms with van der Waals surface area (Å²) in [6.07, 6.45) is 10.2. The molecule has 0 amide bonds. The van der Waals surface area contributed by atoms with Crippen LogP contribution in [0.15, 0.2) is 48.6 Å². The molecule has 0 aliphatic heterocycles. The molecule has 2 aliphatic carbocycles. The third kappa shape index (κ3) is 7.25. The molecule has 1 N–H and O–H groups in total. The minimum atomic E-state index is -2.07. The van der Waals surface area contributed by atoms with Crippen molar-refractivity contribution in [2.75, 3.05) is 0 Å². The summed E-state index contributed by atoms with van der Waals surface area (Å²) in [6.45, 7) is 11.2. The van der Waals surface area contributed by atoms with E-state index in [4.69, 9.17) is 9.53 Å². The Bertz CT molecular complexity index is 952. The molecule has 0 radical (unpaired) electrons. The lowest BCUT2D eigenvalue weighted by molar-refractivity contribution is -0.137. The fourth-order valence-electron chi connectivity index (χ4n) is 5.09. The molecule has 0 spiro atoms. The molecule has 0 aromatic heterocycles. The van der Waals surface area contributed by atoms with Crippen molar-refractivity contribution in [3.05, 3.63) is 59.7 Å². The number of carbonyl (C=O) groups is 2. The summed E-state index contributed by atoms with van der Waals surface area (Å²) in [7, 11) is -2.07. The monoisotopic (exact) mass is 514 g/mol. The highest BCUT2D eigenvalue weighted by Crippen LogP contribution is 2.41. The van der Waals surface area contributed by atoms with Crippen LogP contribution in [0.5, 0.6) is 0 Å². The zero-order valence-corrected chi connectivity index (χ0v) is 23.5. The number of hydrogen-bond acceptors (Lipinski definition) is 3. The van der Waals surface area contributed by atoms with Gasteiger partial charge in [0.1, 0.15) is 12.0 Å². The van der Waals surface area contributed by atoms with Gasteiger partial charge in [-0.25, -0.2) is 4.39 Å².